The Labute approximate surface area is 71.4 Å². The van der Waals surface area contributed by atoms with Crippen LogP contribution in [0.15, 0.2) is 17.0 Å². The summed E-state index contributed by atoms with van der Waals surface area (Å²) in [6.07, 6.45) is 3.03. The number of hydrogen-bond donors (Lipinski definition) is 2. The van der Waals surface area contributed by atoms with Gasteiger partial charge in [0.15, 0.2) is 11.5 Å². The normalized spacial score (nSPS) is 10.2. The lowest BCUT2D eigenvalue weighted by atomic mass is 10.3. The second-order valence-corrected chi connectivity index (χ2v) is 2.20. The van der Waals surface area contributed by atoms with E-state index in [2.05, 4.69) is 24.9 Å². The summed E-state index contributed by atoms with van der Waals surface area (Å²) in [7, 11) is 0. The zero-order chi connectivity index (χ0) is 9.26. The first kappa shape index (κ1) is 7.47. The highest BCUT2D eigenvalue weighted by Crippen LogP contribution is 2.14. The number of aromatic nitrogens is 4. The molecule has 0 aromatic carbocycles. The molecule has 2 heterocycles. The lowest BCUT2D eigenvalue weighted by Gasteiger charge is -1.87. The minimum atomic E-state index is -1.20. The van der Waals surface area contributed by atoms with E-state index in [4.69, 9.17) is 5.11 Å². The highest BCUT2D eigenvalue weighted by atomic mass is 16.6. The molecule has 7 nitrogen and oxygen atoms in total. The fraction of sp³-hybridized carbons (Fsp3) is 0. The van der Waals surface area contributed by atoms with Gasteiger partial charge in [-0.2, -0.15) is 0 Å². The van der Waals surface area contributed by atoms with Gasteiger partial charge >= 0.3 is 5.97 Å². The zero-order valence-corrected chi connectivity index (χ0v) is 6.26. The molecule has 2 N–H and O–H groups in total. The number of hydrogen-bond acceptors (Lipinski definition) is 5. The van der Waals surface area contributed by atoms with Crippen molar-refractivity contribution in [2.24, 2.45) is 0 Å². The maximum absolute atomic E-state index is 10.6. The van der Waals surface area contributed by atoms with Crippen molar-refractivity contribution >= 4 is 5.97 Å². The van der Waals surface area contributed by atoms with Crippen molar-refractivity contribution in [3.63, 3.8) is 0 Å². The molecular formula is C6H4N4O3. The van der Waals surface area contributed by atoms with Crippen LogP contribution in [0.1, 0.15) is 10.5 Å². The molecule has 0 aliphatic rings. The Bertz CT molecular complexity index is 419. The van der Waals surface area contributed by atoms with E-state index < -0.39 is 5.97 Å². The van der Waals surface area contributed by atoms with E-state index in [-0.39, 0.29) is 11.4 Å². The van der Waals surface area contributed by atoms with Crippen molar-refractivity contribution in [3.05, 3.63) is 18.1 Å². The predicted octanol–water partition coefficient (Wildman–Crippen LogP) is 0.158. The summed E-state index contributed by atoms with van der Waals surface area (Å²) in [5.41, 5.74) is -0.160. The molecule has 2 aromatic rings. The maximum Gasteiger partial charge on any atom is 0.360 e. The number of nitrogens with zero attached hydrogens (tertiary/aromatic N) is 3. The van der Waals surface area contributed by atoms with Gasteiger partial charge in [0.2, 0.25) is 5.69 Å². The quantitative estimate of drug-likeness (QED) is 0.681. The largest absolute Gasteiger partial charge is 0.476 e. The summed E-state index contributed by atoms with van der Waals surface area (Å²) < 4.78 is 4.29. The summed E-state index contributed by atoms with van der Waals surface area (Å²) in [6, 6.07) is 0. The van der Waals surface area contributed by atoms with E-state index in [1.807, 2.05) is 0 Å². The number of carbonyl (C=O) groups is 1. The Morgan fingerprint density at radius 3 is 3.00 bits per heavy atom. The molecule has 0 atom stereocenters. The first-order chi connectivity index (χ1) is 6.29. The minimum absolute atomic E-state index is 0.0949. The van der Waals surface area contributed by atoms with Crippen LogP contribution in [0.5, 0.6) is 0 Å². The van der Waals surface area contributed by atoms with Crippen molar-refractivity contribution in [1.82, 2.24) is 20.3 Å². The number of H-pyrrole nitrogens is 1. The molecule has 7 heteroatoms. The molecule has 0 aliphatic carbocycles. The molecule has 0 aliphatic heterocycles. The standard InChI is InChI=1S/C6H4N4O3/c11-6(12)4-3(9-13-10-4)5-7-1-2-8-5/h1-2H,(H,7,8)(H,11,12). The number of imidazole rings is 1. The molecule has 0 spiro atoms. The molecule has 0 amide bonds. The predicted molar refractivity (Wildman–Crippen MR) is 38.8 cm³/mol. The average molecular weight is 180 g/mol. The second-order valence-electron chi connectivity index (χ2n) is 2.20. The van der Waals surface area contributed by atoms with Gasteiger partial charge in [-0.15, -0.1) is 0 Å². The van der Waals surface area contributed by atoms with Gasteiger partial charge in [0.05, 0.1) is 0 Å². The molecular weight excluding hydrogens is 176 g/mol. The molecule has 2 rings (SSSR count). The molecule has 0 saturated heterocycles. The lowest BCUT2D eigenvalue weighted by molar-refractivity contribution is 0.0685. The fourth-order valence-corrected chi connectivity index (χ4v) is 0.879. The van der Waals surface area contributed by atoms with Crippen molar-refractivity contribution < 1.29 is 14.5 Å². The van der Waals surface area contributed by atoms with Crippen LogP contribution in [0.25, 0.3) is 11.5 Å². The maximum atomic E-state index is 10.6. The van der Waals surface area contributed by atoms with E-state index in [0.29, 0.717) is 5.82 Å². The Morgan fingerprint density at radius 1 is 1.54 bits per heavy atom. The number of aromatic carboxylic acids is 1. The number of rotatable bonds is 2. The highest BCUT2D eigenvalue weighted by Gasteiger charge is 2.19. The molecule has 0 bridgehead atoms. The Kier molecular flexibility index (Phi) is 1.55. The van der Waals surface area contributed by atoms with Crippen molar-refractivity contribution in [3.8, 4) is 11.5 Å². The van der Waals surface area contributed by atoms with Gasteiger partial charge in [-0.05, 0) is 10.3 Å². The third kappa shape index (κ3) is 1.15. The third-order valence-corrected chi connectivity index (χ3v) is 1.41. The van der Waals surface area contributed by atoms with E-state index in [9.17, 15) is 4.79 Å². The number of nitrogens with one attached hydrogen (secondary N) is 1. The van der Waals surface area contributed by atoms with Crippen molar-refractivity contribution in [2.75, 3.05) is 0 Å². The first-order valence-corrected chi connectivity index (χ1v) is 3.34. The van der Waals surface area contributed by atoms with Crippen LogP contribution < -0.4 is 0 Å². The van der Waals surface area contributed by atoms with Crippen LogP contribution in [0, 0.1) is 0 Å². The summed E-state index contributed by atoms with van der Waals surface area (Å²) in [4.78, 5) is 17.1. The second kappa shape index (κ2) is 2.70. The topological polar surface area (TPSA) is 105 Å². The molecule has 0 radical (unpaired) electrons. The summed E-state index contributed by atoms with van der Waals surface area (Å²) >= 11 is 0. The fourth-order valence-electron chi connectivity index (χ4n) is 0.879. The molecule has 0 unspecified atom stereocenters. The van der Waals surface area contributed by atoms with E-state index >= 15 is 0 Å². The zero-order valence-electron chi connectivity index (χ0n) is 6.26. The summed E-state index contributed by atoms with van der Waals surface area (Å²) in [5.74, 6) is -0.883. The molecule has 66 valence electrons. The van der Waals surface area contributed by atoms with Gasteiger partial charge in [-0.25, -0.2) is 14.4 Å². The lowest BCUT2D eigenvalue weighted by Crippen LogP contribution is -1.99. The molecule has 2 aromatic heterocycles. The Morgan fingerprint density at radius 2 is 2.38 bits per heavy atom. The van der Waals surface area contributed by atoms with Crippen LogP contribution in [0.2, 0.25) is 0 Å². The SMILES string of the molecule is O=C(O)c1nonc1-c1ncc[nH]1. The summed E-state index contributed by atoms with van der Waals surface area (Å²) in [5, 5.41) is 15.3. The van der Waals surface area contributed by atoms with Gasteiger partial charge in [0.1, 0.15) is 0 Å². The van der Waals surface area contributed by atoms with Crippen LogP contribution in [0.3, 0.4) is 0 Å². The summed E-state index contributed by atoms with van der Waals surface area (Å²) in [6.45, 7) is 0. The molecule has 0 fully saturated rings. The van der Waals surface area contributed by atoms with Crippen LogP contribution in [-0.2, 0) is 0 Å². The van der Waals surface area contributed by atoms with Gasteiger partial charge in [-0.3, -0.25) is 0 Å². The molecule has 13 heavy (non-hydrogen) atoms. The van der Waals surface area contributed by atoms with Gasteiger partial charge in [0.25, 0.3) is 0 Å². The van der Waals surface area contributed by atoms with Gasteiger partial charge < -0.3 is 10.1 Å². The third-order valence-electron chi connectivity index (χ3n) is 1.41. The van der Waals surface area contributed by atoms with E-state index in [0.717, 1.165) is 0 Å². The number of aromatic amines is 1. The Hall–Kier alpha value is -2.18. The smallest absolute Gasteiger partial charge is 0.360 e. The average Bonchev–Trinajstić information content (AvgIpc) is 2.74. The van der Waals surface area contributed by atoms with E-state index in [1.165, 1.54) is 6.20 Å². The highest BCUT2D eigenvalue weighted by molar-refractivity contribution is 5.91. The minimum Gasteiger partial charge on any atom is -0.476 e. The van der Waals surface area contributed by atoms with Crippen LogP contribution in [0.4, 0.5) is 0 Å². The van der Waals surface area contributed by atoms with Crippen molar-refractivity contribution in [2.45, 2.75) is 0 Å². The van der Waals surface area contributed by atoms with Gasteiger partial charge in [-0.1, -0.05) is 0 Å². The van der Waals surface area contributed by atoms with Crippen LogP contribution in [-0.4, -0.2) is 31.4 Å². The molecule has 0 saturated carbocycles. The van der Waals surface area contributed by atoms with E-state index in [1.54, 1.807) is 6.20 Å². The number of carboxylic acids is 1. The van der Waals surface area contributed by atoms with Crippen LogP contribution >= 0.6 is 0 Å². The number of carboxylic acid groups (broad SMARTS) is 1. The van der Waals surface area contributed by atoms with Crippen molar-refractivity contribution in [1.29, 1.82) is 0 Å². The van der Waals surface area contributed by atoms with Gasteiger partial charge in [0, 0.05) is 12.4 Å². The monoisotopic (exact) mass is 180 g/mol. The first-order valence-electron chi connectivity index (χ1n) is 3.34. The Balaban J connectivity index is 2.52.